The zero-order chi connectivity index (χ0) is 24.7. The molecule has 1 aliphatic heterocycles. The Morgan fingerprint density at radius 2 is 1.65 bits per heavy atom. The first kappa shape index (κ1) is 24.1. The van der Waals surface area contributed by atoms with Gasteiger partial charge in [0.25, 0.3) is 0 Å². The van der Waals surface area contributed by atoms with Crippen LogP contribution in [0.3, 0.4) is 0 Å². The maximum atomic E-state index is 12.8. The Morgan fingerprint density at radius 1 is 1.00 bits per heavy atom. The molecular formula is C19H12Cl2F6N6O. The average Bonchev–Trinajstić information content (AvgIpc) is 3.41. The van der Waals surface area contributed by atoms with Crippen molar-refractivity contribution in [2.24, 2.45) is 5.16 Å². The van der Waals surface area contributed by atoms with Gasteiger partial charge in [-0.05, 0) is 18.2 Å². The third kappa shape index (κ3) is 5.20. The van der Waals surface area contributed by atoms with E-state index in [2.05, 4.69) is 25.5 Å². The lowest BCUT2D eigenvalue weighted by Gasteiger charge is -2.13. The molecule has 0 amide bonds. The van der Waals surface area contributed by atoms with Gasteiger partial charge in [-0.2, -0.15) is 31.4 Å². The second-order valence-electron chi connectivity index (χ2n) is 7.08. The molecular weight excluding hydrogens is 513 g/mol. The molecule has 0 saturated carbocycles. The number of nitrogens with zero attached hydrogens (tertiary/aromatic N) is 5. The molecule has 4 rings (SSSR count). The monoisotopic (exact) mass is 524 g/mol. The molecule has 7 nitrogen and oxygen atoms in total. The van der Waals surface area contributed by atoms with E-state index >= 15 is 0 Å². The van der Waals surface area contributed by atoms with Gasteiger partial charge in [0.2, 0.25) is 0 Å². The van der Waals surface area contributed by atoms with Crippen molar-refractivity contribution in [3.05, 3.63) is 63.7 Å². The minimum atomic E-state index is -4.58. The summed E-state index contributed by atoms with van der Waals surface area (Å²) in [7, 11) is 0. The number of pyridine rings is 2. The van der Waals surface area contributed by atoms with Crippen LogP contribution in [0.5, 0.6) is 0 Å². The van der Waals surface area contributed by atoms with E-state index in [9.17, 15) is 26.3 Å². The van der Waals surface area contributed by atoms with E-state index in [0.717, 1.165) is 12.1 Å². The van der Waals surface area contributed by atoms with E-state index < -0.39 is 29.6 Å². The molecule has 0 aromatic carbocycles. The summed E-state index contributed by atoms with van der Waals surface area (Å²) in [6, 6.07) is 3.08. The first-order valence-corrected chi connectivity index (χ1v) is 10.2. The van der Waals surface area contributed by atoms with Crippen molar-refractivity contribution in [2.45, 2.75) is 24.9 Å². The minimum absolute atomic E-state index is 0.00154. The summed E-state index contributed by atoms with van der Waals surface area (Å²) < 4.78 is 77.7. The molecule has 4 heterocycles. The van der Waals surface area contributed by atoms with Gasteiger partial charge in [0.15, 0.2) is 5.82 Å². The van der Waals surface area contributed by atoms with Crippen LogP contribution < -0.4 is 5.32 Å². The Kier molecular flexibility index (Phi) is 6.34. The highest BCUT2D eigenvalue weighted by molar-refractivity contribution is 6.33. The molecule has 15 heteroatoms. The number of hydrogen-bond donors (Lipinski definition) is 1. The number of aromatic nitrogens is 4. The molecule has 1 aliphatic rings. The summed E-state index contributed by atoms with van der Waals surface area (Å²) in [4.78, 5) is 12.7. The lowest BCUT2D eigenvalue weighted by Crippen LogP contribution is -2.21. The number of alkyl halides is 6. The maximum Gasteiger partial charge on any atom is 0.417 e. The van der Waals surface area contributed by atoms with E-state index in [4.69, 9.17) is 28.0 Å². The van der Waals surface area contributed by atoms with Crippen molar-refractivity contribution in [3.8, 4) is 5.82 Å². The van der Waals surface area contributed by atoms with Crippen LogP contribution in [0, 0.1) is 0 Å². The molecule has 180 valence electrons. The topological polar surface area (TPSA) is 77.2 Å². The molecule has 0 aliphatic carbocycles. The highest BCUT2D eigenvalue weighted by Gasteiger charge is 2.33. The smallest absolute Gasteiger partial charge is 0.390 e. The van der Waals surface area contributed by atoms with Gasteiger partial charge in [-0.25, -0.2) is 14.6 Å². The van der Waals surface area contributed by atoms with Gasteiger partial charge in [0.05, 0.1) is 27.7 Å². The van der Waals surface area contributed by atoms with Gasteiger partial charge in [0.1, 0.15) is 23.3 Å². The average molecular weight is 525 g/mol. The summed E-state index contributed by atoms with van der Waals surface area (Å²) in [5, 5.41) is 10.5. The van der Waals surface area contributed by atoms with Crippen molar-refractivity contribution in [1.82, 2.24) is 19.7 Å². The largest absolute Gasteiger partial charge is 0.417 e. The summed E-state index contributed by atoms with van der Waals surface area (Å²) in [5.41, 5.74) is -1.13. The molecule has 1 unspecified atom stereocenters. The molecule has 1 N–H and O–H groups in total. The second-order valence-corrected chi connectivity index (χ2v) is 7.89. The fourth-order valence-electron chi connectivity index (χ4n) is 2.97. The zero-order valence-corrected chi connectivity index (χ0v) is 18.1. The first-order valence-electron chi connectivity index (χ1n) is 9.40. The standard InChI is InChI=1S/C19H12Cl2F6N6O/c20-12-3-9(18(22,23)24)6-28-16(12)29-8-11-5-15(32-34-11)14-1-2-33(31-14)17-13(21)4-10(7-30-17)19(25,26)27/h1-4,6-7,11H,5,8H2,(H,28,29). The van der Waals surface area contributed by atoms with Crippen molar-refractivity contribution in [2.75, 3.05) is 11.9 Å². The van der Waals surface area contributed by atoms with Crippen LogP contribution in [-0.4, -0.2) is 38.1 Å². The van der Waals surface area contributed by atoms with Crippen LogP contribution in [0.4, 0.5) is 32.2 Å². The van der Waals surface area contributed by atoms with Crippen molar-refractivity contribution in [3.63, 3.8) is 0 Å². The Hall–Kier alpha value is -3.06. The minimum Gasteiger partial charge on any atom is -0.390 e. The van der Waals surface area contributed by atoms with Crippen LogP contribution in [0.25, 0.3) is 5.82 Å². The number of anilines is 1. The van der Waals surface area contributed by atoms with E-state index in [-0.39, 0.29) is 34.6 Å². The van der Waals surface area contributed by atoms with Gasteiger partial charge in [0, 0.05) is 25.0 Å². The highest BCUT2D eigenvalue weighted by Crippen LogP contribution is 2.33. The third-order valence-corrected chi connectivity index (χ3v) is 5.22. The number of hydrogen-bond acceptors (Lipinski definition) is 6. The molecule has 0 fully saturated rings. The fourth-order valence-corrected chi connectivity index (χ4v) is 3.46. The quantitative estimate of drug-likeness (QED) is 0.439. The SMILES string of the molecule is FC(F)(F)c1cnc(NCC2CC(c3ccn(-c4ncc(C(F)(F)F)cc4Cl)n3)=NO2)c(Cl)c1. The molecule has 34 heavy (non-hydrogen) atoms. The normalized spacial score (nSPS) is 16.4. The number of halogens is 8. The number of nitrogens with one attached hydrogen (secondary N) is 1. The summed E-state index contributed by atoms with van der Waals surface area (Å²) in [5.74, 6) is 0.0562. The van der Waals surface area contributed by atoms with Crippen LogP contribution in [0.2, 0.25) is 10.0 Å². The predicted molar refractivity (Wildman–Crippen MR) is 110 cm³/mol. The Balaban J connectivity index is 1.38. The molecule has 1 atom stereocenters. The van der Waals surface area contributed by atoms with Crippen molar-refractivity contribution in [1.29, 1.82) is 0 Å². The zero-order valence-electron chi connectivity index (χ0n) is 16.6. The number of rotatable bonds is 5. The molecule has 3 aromatic heterocycles. The van der Waals surface area contributed by atoms with E-state index in [1.165, 1.54) is 10.9 Å². The Labute approximate surface area is 197 Å². The van der Waals surface area contributed by atoms with E-state index in [1.54, 1.807) is 6.07 Å². The van der Waals surface area contributed by atoms with E-state index in [1.807, 2.05) is 0 Å². The van der Waals surface area contributed by atoms with E-state index in [0.29, 0.717) is 23.8 Å². The Bertz CT molecular complexity index is 1240. The molecule has 0 bridgehead atoms. The van der Waals surface area contributed by atoms with Gasteiger partial charge >= 0.3 is 12.4 Å². The number of oxime groups is 1. The third-order valence-electron chi connectivity index (χ3n) is 4.65. The first-order chi connectivity index (χ1) is 15.9. The summed E-state index contributed by atoms with van der Waals surface area (Å²) >= 11 is 11.8. The van der Waals surface area contributed by atoms with Crippen LogP contribution in [-0.2, 0) is 17.2 Å². The predicted octanol–water partition coefficient (Wildman–Crippen LogP) is 5.61. The molecule has 0 radical (unpaired) electrons. The van der Waals surface area contributed by atoms with Gasteiger partial charge in [-0.15, -0.1) is 0 Å². The lowest BCUT2D eigenvalue weighted by molar-refractivity contribution is -0.138. The summed E-state index contributed by atoms with van der Waals surface area (Å²) in [6.45, 7) is 0.137. The highest BCUT2D eigenvalue weighted by atomic mass is 35.5. The van der Waals surface area contributed by atoms with Gasteiger partial charge < -0.3 is 10.2 Å². The molecule has 0 saturated heterocycles. The van der Waals surface area contributed by atoms with Crippen LogP contribution >= 0.6 is 23.2 Å². The van der Waals surface area contributed by atoms with Gasteiger partial charge in [-0.3, -0.25) is 0 Å². The van der Waals surface area contributed by atoms with Crippen molar-refractivity contribution >= 4 is 34.7 Å². The lowest BCUT2D eigenvalue weighted by atomic mass is 10.1. The van der Waals surface area contributed by atoms with Crippen LogP contribution in [0.15, 0.2) is 41.9 Å². The molecule has 3 aromatic rings. The van der Waals surface area contributed by atoms with Crippen molar-refractivity contribution < 1.29 is 31.2 Å². The summed E-state index contributed by atoms with van der Waals surface area (Å²) in [6.07, 6.45) is -6.57. The molecule has 0 spiro atoms. The Morgan fingerprint density at radius 3 is 2.26 bits per heavy atom. The fraction of sp³-hybridized carbons (Fsp3) is 0.263. The second kappa shape index (κ2) is 8.95. The van der Waals surface area contributed by atoms with Gasteiger partial charge in [-0.1, -0.05) is 28.4 Å². The maximum absolute atomic E-state index is 12.8. The van der Waals surface area contributed by atoms with Crippen LogP contribution in [0.1, 0.15) is 23.2 Å².